The molecule has 0 bridgehead atoms. The zero-order valence-corrected chi connectivity index (χ0v) is 18.3. The number of rotatable bonds is 8. The van der Waals surface area contributed by atoms with Gasteiger partial charge in [0.15, 0.2) is 11.6 Å². The Morgan fingerprint density at radius 2 is 1.67 bits per heavy atom. The summed E-state index contributed by atoms with van der Waals surface area (Å²) in [6.45, 7) is 0.883. The van der Waals surface area contributed by atoms with Gasteiger partial charge >= 0.3 is 6.18 Å². The van der Waals surface area contributed by atoms with Gasteiger partial charge in [-0.25, -0.2) is 9.97 Å². The molecule has 2 saturated carbocycles. The maximum absolute atomic E-state index is 15.3. The minimum Gasteiger partial charge on any atom is -0.367 e. The van der Waals surface area contributed by atoms with Crippen LogP contribution in [0.5, 0.6) is 0 Å². The molecule has 1 heterocycles. The molecular formula is C24H27F4N5. The van der Waals surface area contributed by atoms with Crippen molar-refractivity contribution < 1.29 is 17.6 Å². The molecule has 0 spiro atoms. The topological polar surface area (TPSA) is 64.8 Å². The molecule has 5 nitrogen and oxygen atoms in total. The Kier molecular flexibility index (Phi) is 7.01. The Hall–Kier alpha value is -2.89. The second kappa shape index (κ2) is 9.94. The van der Waals surface area contributed by atoms with Gasteiger partial charge in [0.25, 0.3) is 0 Å². The molecule has 2 fully saturated rings. The molecule has 0 amide bonds. The smallest absolute Gasteiger partial charge is 0.367 e. The summed E-state index contributed by atoms with van der Waals surface area (Å²) >= 11 is 0. The lowest BCUT2D eigenvalue weighted by atomic mass is 9.81. The molecule has 176 valence electrons. The zero-order chi connectivity index (χ0) is 23.4. The molecule has 33 heavy (non-hydrogen) atoms. The van der Waals surface area contributed by atoms with E-state index in [4.69, 9.17) is 5.26 Å². The van der Waals surface area contributed by atoms with Crippen molar-refractivity contribution >= 4 is 11.6 Å². The van der Waals surface area contributed by atoms with Crippen LogP contribution in [0.3, 0.4) is 0 Å². The number of hydrogen-bond donors (Lipinski definition) is 1. The lowest BCUT2D eigenvalue weighted by Crippen LogP contribution is -2.28. The molecule has 0 saturated heterocycles. The SMILES string of the molecule is N#CC[C@H]1CC[C@H](CNc2ncnc(N(Cc3ccc(C(F)(F)F)cc3)C3CC3)c2F)CC1. The molecule has 2 aromatic rings. The van der Waals surface area contributed by atoms with Crippen LogP contribution >= 0.6 is 0 Å². The maximum atomic E-state index is 15.3. The van der Waals surface area contributed by atoms with Crippen LogP contribution in [-0.2, 0) is 12.7 Å². The predicted octanol–water partition coefficient (Wildman–Crippen LogP) is 5.94. The Morgan fingerprint density at radius 1 is 1.00 bits per heavy atom. The summed E-state index contributed by atoms with van der Waals surface area (Å²) in [7, 11) is 0. The average Bonchev–Trinajstić information content (AvgIpc) is 3.63. The number of halogens is 4. The van der Waals surface area contributed by atoms with E-state index >= 15 is 4.39 Å². The third-order valence-corrected chi connectivity index (χ3v) is 6.57. The van der Waals surface area contributed by atoms with Crippen LogP contribution in [0.1, 0.15) is 56.1 Å². The molecule has 1 N–H and O–H groups in total. The molecule has 0 unspecified atom stereocenters. The molecule has 1 aromatic carbocycles. The van der Waals surface area contributed by atoms with Gasteiger partial charge in [-0.05, 0) is 68.1 Å². The van der Waals surface area contributed by atoms with Crippen molar-refractivity contribution in [2.24, 2.45) is 11.8 Å². The van der Waals surface area contributed by atoms with E-state index < -0.39 is 17.6 Å². The summed E-state index contributed by atoms with van der Waals surface area (Å²) in [6.07, 6.45) is 3.34. The maximum Gasteiger partial charge on any atom is 0.416 e. The van der Waals surface area contributed by atoms with Crippen LogP contribution in [-0.4, -0.2) is 22.6 Å². The van der Waals surface area contributed by atoms with Crippen LogP contribution in [0.15, 0.2) is 30.6 Å². The minimum atomic E-state index is -4.39. The highest BCUT2D eigenvalue weighted by Gasteiger charge is 2.34. The van der Waals surface area contributed by atoms with Crippen molar-refractivity contribution in [2.75, 3.05) is 16.8 Å². The summed E-state index contributed by atoms with van der Waals surface area (Å²) < 4.78 is 53.9. The van der Waals surface area contributed by atoms with Crippen molar-refractivity contribution in [3.8, 4) is 6.07 Å². The number of nitrogens with zero attached hydrogens (tertiary/aromatic N) is 4. The number of nitriles is 1. The van der Waals surface area contributed by atoms with Gasteiger partial charge in [0.2, 0.25) is 5.82 Å². The highest BCUT2D eigenvalue weighted by Crippen LogP contribution is 2.36. The van der Waals surface area contributed by atoms with E-state index in [9.17, 15) is 13.2 Å². The summed E-state index contributed by atoms with van der Waals surface area (Å²) in [4.78, 5) is 10.1. The first kappa shape index (κ1) is 23.3. The van der Waals surface area contributed by atoms with E-state index in [-0.39, 0.29) is 24.2 Å². The molecule has 0 radical (unpaired) electrons. The van der Waals surface area contributed by atoms with E-state index in [1.807, 2.05) is 4.90 Å². The highest BCUT2D eigenvalue weighted by atomic mass is 19.4. The van der Waals surface area contributed by atoms with Gasteiger partial charge in [0, 0.05) is 25.6 Å². The number of anilines is 2. The average molecular weight is 462 g/mol. The van der Waals surface area contributed by atoms with E-state index in [2.05, 4.69) is 21.4 Å². The third kappa shape index (κ3) is 5.92. The molecule has 1 aromatic heterocycles. The monoisotopic (exact) mass is 461 g/mol. The van der Waals surface area contributed by atoms with Crippen molar-refractivity contribution in [1.82, 2.24) is 9.97 Å². The molecular weight excluding hydrogens is 434 g/mol. The van der Waals surface area contributed by atoms with Crippen molar-refractivity contribution in [1.29, 1.82) is 5.26 Å². The van der Waals surface area contributed by atoms with E-state index in [1.165, 1.54) is 18.5 Å². The van der Waals surface area contributed by atoms with Crippen LogP contribution < -0.4 is 10.2 Å². The molecule has 0 aliphatic heterocycles. The Bertz CT molecular complexity index is 974. The normalized spacial score (nSPS) is 20.8. The molecule has 9 heteroatoms. The molecule has 2 aliphatic carbocycles. The van der Waals surface area contributed by atoms with Gasteiger partial charge in [-0.1, -0.05) is 12.1 Å². The second-order valence-corrected chi connectivity index (χ2v) is 9.04. The van der Waals surface area contributed by atoms with Gasteiger partial charge < -0.3 is 10.2 Å². The third-order valence-electron chi connectivity index (χ3n) is 6.57. The van der Waals surface area contributed by atoms with E-state index in [0.717, 1.165) is 50.7 Å². The lowest BCUT2D eigenvalue weighted by molar-refractivity contribution is -0.137. The summed E-state index contributed by atoms with van der Waals surface area (Å²) in [5.41, 5.74) is -0.0397. The summed E-state index contributed by atoms with van der Waals surface area (Å²) in [5.74, 6) is 0.662. The van der Waals surface area contributed by atoms with E-state index in [1.54, 1.807) is 0 Å². The standard InChI is InChI=1S/C24H27F4N5/c25-21-22(30-13-17-3-1-16(2-4-17)11-12-29)31-15-32-23(21)33(20-9-10-20)14-18-5-7-19(8-6-18)24(26,27)28/h5-8,15-17,20H,1-4,9-11,13-14H2,(H,30,31,32)/t16-,17-. The Morgan fingerprint density at radius 3 is 2.27 bits per heavy atom. The van der Waals surface area contributed by atoms with Crippen LogP contribution in [0, 0.1) is 29.0 Å². The van der Waals surface area contributed by atoms with Gasteiger partial charge in [0.1, 0.15) is 6.33 Å². The fraction of sp³-hybridized carbons (Fsp3) is 0.542. The lowest BCUT2D eigenvalue weighted by Gasteiger charge is -2.28. The quantitative estimate of drug-likeness (QED) is 0.493. The number of alkyl halides is 3. The fourth-order valence-corrected chi connectivity index (χ4v) is 4.45. The second-order valence-electron chi connectivity index (χ2n) is 9.04. The van der Waals surface area contributed by atoms with Crippen LogP contribution in [0.4, 0.5) is 29.2 Å². The number of aromatic nitrogens is 2. The Labute approximate surface area is 190 Å². The van der Waals surface area contributed by atoms with Gasteiger partial charge in [-0.3, -0.25) is 0 Å². The number of benzene rings is 1. The first-order valence-corrected chi connectivity index (χ1v) is 11.4. The number of hydrogen-bond acceptors (Lipinski definition) is 5. The molecule has 0 atom stereocenters. The number of nitrogens with one attached hydrogen (secondary N) is 1. The first-order valence-electron chi connectivity index (χ1n) is 11.4. The Balaban J connectivity index is 1.42. The first-order chi connectivity index (χ1) is 15.8. The zero-order valence-electron chi connectivity index (χ0n) is 18.3. The van der Waals surface area contributed by atoms with E-state index in [0.29, 0.717) is 30.4 Å². The van der Waals surface area contributed by atoms with Crippen LogP contribution in [0.2, 0.25) is 0 Å². The van der Waals surface area contributed by atoms with Gasteiger partial charge in [-0.15, -0.1) is 0 Å². The molecule has 4 rings (SSSR count). The summed E-state index contributed by atoms with van der Waals surface area (Å²) in [5, 5.41) is 12.0. The fourth-order valence-electron chi connectivity index (χ4n) is 4.45. The van der Waals surface area contributed by atoms with Gasteiger partial charge in [0.05, 0.1) is 11.6 Å². The largest absolute Gasteiger partial charge is 0.416 e. The predicted molar refractivity (Wildman–Crippen MR) is 117 cm³/mol. The van der Waals surface area contributed by atoms with Crippen molar-refractivity contribution in [3.05, 3.63) is 47.5 Å². The highest BCUT2D eigenvalue weighted by molar-refractivity contribution is 5.52. The van der Waals surface area contributed by atoms with Crippen LogP contribution in [0.25, 0.3) is 0 Å². The van der Waals surface area contributed by atoms with Crippen molar-refractivity contribution in [2.45, 2.75) is 63.7 Å². The minimum absolute atomic E-state index is 0.111. The molecule has 2 aliphatic rings. The van der Waals surface area contributed by atoms with Gasteiger partial charge in [-0.2, -0.15) is 22.8 Å². The van der Waals surface area contributed by atoms with Crippen molar-refractivity contribution in [3.63, 3.8) is 0 Å². The summed E-state index contributed by atoms with van der Waals surface area (Å²) in [6, 6.07) is 7.31.